The molecule has 1 aliphatic rings. The maximum absolute atomic E-state index is 10.4. The molecule has 0 bridgehead atoms. The van der Waals surface area contributed by atoms with E-state index in [1.54, 1.807) is 0 Å². The predicted molar refractivity (Wildman–Crippen MR) is 60.0 cm³/mol. The van der Waals surface area contributed by atoms with E-state index in [0.717, 1.165) is 37.9 Å². The number of hydrogen-bond donors (Lipinski definition) is 1. The van der Waals surface area contributed by atoms with E-state index >= 15 is 0 Å². The van der Waals surface area contributed by atoms with Crippen molar-refractivity contribution in [1.29, 1.82) is 0 Å². The van der Waals surface area contributed by atoms with Gasteiger partial charge in [-0.3, -0.25) is 0 Å². The van der Waals surface area contributed by atoms with Crippen molar-refractivity contribution >= 4 is 0 Å². The van der Waals surface area contributed by atoms with Crippen LogP contribution in [-0.4, -0.2) is 20.8 Å². The van der Waals surface area contributed by atoms with Gasteiger partial charge in [0.1, 0.15) is 0 Å². The molecule has 0 radical (unpaired) electrons. The second kappa shape index (κ2) is 4.53. The molecule has 2 rings (SSSR count). The van der Waals surface area contributed by atoms with Crippen molar-refractivity contribution in [2.45, 2.75) is 58.0 Å². The first kappa shape index (κ1) is 11.6. The first-order valence-corrected chi connectivity index (χ1v) is 6.18. The Kier molecular flexibility index (Phi) is 3.28. The Hall–Kier alpha value is -0.900. The SMILES string of the molecule is CCCc1noc(C[C@@]2(O)CCC[C@H]2C)n1. The molecular weight excluding hydrogens is 204 g/mol. The Labute approximate surface area is 96.1 Å². The molecule has 0 aromatic carbocycles. The van der Waals surface area contributed by atoms with E-state index in [-0.39, 0.29) is 0 Å². The highest BCUT2D eigenvalue weighted by Gasteiger charge is 2.39. The van der Waals surface area contributed by atoms with Crippen molar-refractivity contribution in [3.8, 4) is 0 Å². The van der Waals surface area contributed by atoms with Gasteiger partial charge < -0.3 is 9.63 Å². The first-order valence-electron chi connectivity index (χ1n) is 6.18. The third-order valence-electron chi connectivity index (χ3n) is 3.61. The molecule has 1 N–H and O–H groups in total. The average molecular weight is 224 g/mol. The molecule has 0 saturated heterocycles. The summed E-state index contributed by atoms with van der Waals surface area (Å²) in [6.07, 6.45) is 5.39. The zero-order valence-electron chi connectivity index (χ0n) is 10.1. The minimum atomic E-state index is -0.629. The summed E-state index contributed by atoms with van der Waals surface area (Å²) in [5.41, 5.74) is -0.629. The van der Waals surface area contributed by atoms with Gasteiger partial charge in [-0.1, -0.05) is 25.4 Å². The minimum absolute atomic E-state index is 0.328. The number of nitrogens with zero attached hydrogens (tertiary/aromatic N) is 2. The molecule has 4 nitrogen and oxygen atoms in total. The van der Waals surface area contributed by atoms with Crippen LogP contribution in [-0.2, 0) is 12.8 Å². The predicted octanol–water partition coefficient (Wildman–Crippen LogP) is 2.12. The molecule has 90 valence electrons. The molecule has 1 aromatic rings. The lowest BCUT2D eigenvalue weighted by Gasteiger charge is -2.25. The summed E-state index contributed by atoms with van der Waals surface area (Å²) in [5.74, 6) is 1.67. The van der Waals surface area contributed by atoms with Crippen LogP contribution < -0.4 is 0 Å². The van der Waals surface area contributed by atoms with Gasteiger partial charge in [0.05, 0.1) is 12.0 Å². The summed E-state index contributed by atoms with van der Waals surface area (Å²) in [6, 6.07) is 0. The Bertz CT molecular complexity index is 351. The van der Waals surface area contributed by atoms with E-state index in [9.17, 15) is 5.11 Å². The van der Waals surface area contributed by atoms with Crippen LogP contribution in [0.15, 0.2) is 4.52 Å². The van der Waals surface area contributed by atoms with Crippen LogP contribution in [0.4, 0.5) is 0 Å². The second-order valence-electron chi connectivity index (χ2n) is 4.93. The summed E-state index contributed by atoms with van der Waals surface area (Å²) in [7, 11) is 0. The standard InChI is InChI=1S/C12H20N2O2/c1-3-5-10-13-11(16-14-10)8-12(15)7-4-6-9(12)2/h9,15H,3-8H2,1-2H3/t9-,12+/m1/s1. The van der Waals surface area contributed by atoms with Crippen LogP contribution in [0.5, 0.6) is 0 Å². The molecule has 1 heterocycles. The van der Waals surface area contributed by atoms with Gasteiger partial charge in [0.25, 0.3) is 0 Å². The quantitative estimate of drug-likeness (QED) is 0.851. The molecule has 0 spiro atoms. The zero-order chi connectivity index (χ0) is 11.6. The van der Waals surface area contributed by atoms with E-state index in [1.807, 2.05) is 0 Å². The van der Waals surface area contributed by atoms with Crippen molar-refractivity contribution in [1.82, 2.24) is 10.1 Å². The van der Waals surface area contributed by atoms with E-state index in [2.05, 4.69) is 24.0 Å². The zero-order valence-corrected chi connectivity index (χ0v) is 10.1. The normalized spacial score (nSPS) is 29.8. The van der Waals surface area contributed by atoms with Crippen LogP contribution in [0.1, 0.15) is 51.2 Å². The number of aliphatic hydroxyl groups is 1. The van der Waals surface area contributed by atoms with Gasteiger partial charge in [0, 0.05) is 6.42 Å². The molecule has 0 unspecified atom stereocenters. The third-order valence-corrected chi connectivity index (χ3v) is 3.61. The maximum Gasteiger partial charge on any atom is 0.229 e. The molecule has 2 atom stereocenters. The number of hydrogen-bond acceptors (Lipinski definition) is 4. The van der Waals surface area contributed by atoms with E-state index in [1.165, 1.54) is 0 Å². The Morgan fingerprint density at radius 1 is 1.56 bits per heavy atom. The Morgan fingerprint density at radius 3 is 3.00 bits per heavy atom. The van der Waals surface area contributed by atoms with Crippen molar-refractivity contribution in [2.24, 2.45) is 5.92 Å². The van der Waals surface area contributed by atoms with Crippen molar-refractivity contribution < 1.29 is 9.63 Å². The van der Waals surface area contributed by atoms with Crippen LogP contribution in [0.3, 0.4) is 0 Å². The fourth-order valence-corrected chi connectivity index (χ4v) is 2.44. The molecule has 4 heteroatoms. The molecule has 0 aliphatic heterocycles. The summed E-state index contributed by atoms with van der Waals surface area (Å²) >= 11 is 0. The first-order chi connectivity index (χ1) is 7.64. The molecule has 1 saturated carbocycles. The monoisotopic (exact) mass is 224 g/mol. The van der Waals surface area contributed by atoms with Crippen molar-refractivity contribution in [2.75, 3.05) is 0 Å². The number of aryl methyl sites for hydroxylation is 1. The number of aromatic nitrogens is 2. The summed E-state index contributed by atoms with van der Waals surface area (Å²) in [5, 5.41) is 14.3. The molecular formula is C12H20N2O2. The molecule has 1 aliphatic carbocycles. The van der Waals surface area contributed by atoms with Gasteiger partial charge in [-0.25, -0.2) is 0 Å². The van der Waals surface area contributed by atoms with Crippen LogP contribution in [0, 0.1) is 5.92 Å². The van der Waals surface area contributed by atoms with E-state index in [0.29, 0.717) is 18.2 Å². The maximum atomic E-state index is 10.4. The van der Waals surface area contributed by atoms with Gasteiger partial charge >= 0.3 is 0 Å². The molecule has 1 aromatic heterocycles. The Morgan fingerprint density at radius 2 is 2.38 bits per heavy atom. The van der Waals surface area contributed by atoms with Gasteiger partial charge in [-0.2, -0.15) is 4.98 Å². The minimum Gasteiger partial charge on any atom is -0.389 e. The van der Waals surface area contributed by atoms with Crippen molar-refractivity contribution in [3.63, 3.8) is 0 Å². The largest absolute Gasteiger partial charge is 0.389 e. The van der Waals surface area contributed by atoms with E-state index in [4.69, 9.17) is 4.52 Å². The van der Waals surface area contributed by atoms with Gasteiger partial charge in [0.15, 0.2) is 5.82 Å². The fourth-order valence-electron chi connectivity index (χ4n) is 2.44. The topological polar surface area (TPSA) is 59.2 Å². The highest BCUT2D eigenvalue weighted by molar-refractivity contribution is 4.98. The summed E-state index contributed by atoms with van der Waals surface area (Å²) in [4.78, 5) is 4.31. The number of rotatable bonds is 4. The smallest absolute Gasteiger partial charge is 0.229 e. The second-order valence-corrected chi connectivity index (χ2v) is 4.93. The van der Waals surface area contributed by atoms with Gasteiger partial charge in [0.2, 0.25) is 5.89 Å². The lowest BCUT2D eigenvalue weighted by Crippen LogP contribution is -2.34. The average Bonchev–Trinajstić information content (AvgIpc) is 2.77. The molecule has 16 heavy (non-hydrogen) atoms. The van der Waals surface area contributed by atoms with E-state index < -0.39 is 5.60 Å². The third kappa shape index (κ3) is 2.26. The molecule has 1 fully saturated rings. The van der Waals surface area contributed by atoms with Crippen molar-refractivity contribution in [3.05, 3.63) is 11.7 Å². The highest BCUT2D eigenvalue weighted by atomic mass is 16.5. The van der Waals surface area contributed by atoms with Crippen LogP contribution >= 0.6 is 0 Å². The molecule has 0 amide bonds. The van der Waals surface area contributed by atoms with Gasteiger partial charge in [-0.15, -0.1) is 0 Å². The van der Waals surface area contributed by atoms with Crippen LogP contribution in [0.2, 0.25) is 0 Å². The van der Waals surface area contributed by atoms with Gasteiger partial charge in [-0.05, 0) is 25.2 Å². The fraction of sp³-hybridized carbons (Fsp3) is 0.833. The highest BCUT2D eigenvalue weighted by Crippen LogP contribution is 2.37. The summed E-state index contributed by atoms with van der Waals surface area (Å²) < 4.78 is 5.17. The lowest BCUT2D eigenvalue weighted by atomic mass is 9.89. The summed E-state index contributed by atoms with van der Waals surface area (Å²) in [6.45, 7) is 4.18. The lowest BCUT2D eigenvalue weighted by molar-refractivity contribution is 0.00291. The van der Waals surface area contributed by atoms with Crippen LogP contribution in [0.25, 0.3) is 0 Å². The Balaban J connectivity index is 2.02.